The van der Waals surface area contributed by atoms with E-state index >= 15 is 0 Å². The highest BCUT2D eigenvalue weighted by Crippen LogP contribution is 2.28. The van der Waals surface area contributed by atoms with Crippen molar-refractivity contribution in [2.24, 2.45) is 0 Å². The SMILES string of the molecule is CC(C)N1CCc2cc(C(=O)NC3CCC(Oc4ccc(C#N)c(Cl)c4)CC3)ccc2C1. The lowest BCUT2D eigenvalue weighted by molar-refractivity contribution is 0.0893. The first-order valence-corrected chi connectivity index (χ1v) is 11.8. The molecule has 0 unspecified atom stereocenters. The molecule has 1 aliphatic carbocycles. The van der Waals surface area contributed by atoms with Gasteiger partial charge in [0.25, 0.3) is 5.91 Å². The van der Waals surface area contributed by atoms with Gasteiger partial charge < -0.3 is 10.1 Å². The molecule has 0 saturated heterocycles. The van der Waals surface area contributed by atoms with E-state index in [1.807, 2.05) is 6.07 Å². The summed E-state index contributed by atoms with van der Waals surface area (Å²) in [5, 5.41) is 12.6. The van der Waals surface area contributed by atoms with E-state index in [2.05, 4.69) is 42.3 Å². The standard InChI is InChI=1S/C26H30ClN3O2/c1-17(2)30-12-11-18-13-19(3-4-21(18)16-30)26(31)29-22-6-9-23(10-7-22)32-24-8-5-20(15-28)25(27)14-24/h3-5,8,13-14,17,22-23H,6-7,9-12,16H2,1-2H3,(H,29,31). The van der Waals surface area contributed by atoms with E-state index < -0.39 is 0 Å². The summed E-state index contributed by atoms with van der Waals surface area (Å²) < 4.78 is 6.05. The van der Waals surface area contributed by atoms with E-state index in [0.29, 0.717) is 22.4 Å². The molecule has 0 aromatic heterocycles. The van der Waals surface area contributed by atoms with Crippen LogP contribution >= 0.6 is 11.6 Å². The van der Waals surface area contributed by atoms with Crippen LogP contribution in [0.4, 0.5) is 0 Å². The highest BCUT2D eigenvalue weighted by molar-refractivity contribution is 6.31. The molecule has 168 valence electrons. The van der Waals surface area contributed by atoms with E-state index in [1.54, 1.807) is 18.2 Å². The van der Waals surface area contributed by atoms with Gasteiger partial charge in [0.1, 0.15) is 11.8 Å². The summed E-state index contributed by atoms with van der Waals surface area (Å²) in [6.07, 6.45) is 4.61. The van der Waals surface area contributed by atoms with Gasteiger partial charge >= 0.3 is 0 Å². The van der Waals surface area contributed by atoms with Crippen LogP contribution in [0.1, 0.15) is 66.6 Å². The Morgan fingerprint density at radius 3 is 2.62 bits per heavy atom. The second-order valence-corrected chi connectivity index (χ2v) is 9.52. The van der Waals surface area contributed by atoms with Crippen molar-refractivity contribution in [2.75, 3.05) is 6.54 Å². The third-order valence-electron chi connectivity index (χ3n) is 6.61. The number of amides is 1. The number of fused-ring (bicyclic) bond motifs is 1. The fourth-order valence-corrected chi connectivity index (χ4v) is 4.82. The fourth-order valence-electron chi connectivity index (χ4n) is 4.60. The molecule has 0 spiro atoms. The molecule has 1 N–H and O–H groups in total. The molecule has 1 fully saturated rings. The topological polar surface area (TPSA) is 65.4 Å². The molecule has 6 heteroatoms. The number of carbonyl (C=O) groups excluding carboxylic acids is 1. The van der Waals surface area contributed by atoms with Crippen LogP contribution < -0.4 is 10.1 Å². The largest absolute Gasteiger partial charge is 0.490 e. The van der Waals surface area contributed by atoms with Gasteiger partial charge in [-0.25, -0.2) is 0 Å². The molecule has 1 heterocycles. The monoisotopic (exact) mass is 451 g/mol. The van der Waals surface area contributed by atoms with Gasteiger partial charge in [0.2, 0.25) is 0 Å². The maximum Gasteiger partial charge on any atom is 0.251 e. The summed E-state index contributed by atoms with van der Waals surface area (Å²) in [7, 11) is 0. The number of nitriles is 1. The molecule has 2 aliphatic rings. The van der Waals surface area contributed by atoms with Crippen LogP contribution in [0.2, 0.25) is 5.02 Å². The number of carbonyl (C=O) groups is 1. The first-order valence-electron chi connectivity index (χ1n) is 11.5. The zero-order valence-electron chi connectivity index (χ0n) is 18.7. The third-order valence-corrected chi connectivity index (χ3v) is 6.93. The minimum absolute atomic E-state index is 0.0160. The molecule has 1 amide bonds. The number of ether oxygens (including phenoxy) is 1. The second kappa shape index (κ2) is 9.94. The number of hydrogen-bond acceptors (Lipinski definition) is 4. The van der Waals surface area contributed by atoms with Gasteiger partial charge in [0.15, 0.2) is 0 Å². The van der Waals surface area contributed by atoms with E-state index in [1.165, 1.54) is 11.1 Å². The van der Waals surface area contributed by atoms with Gasteiger partial charge in [-0.1, -0.05) is 17.7 Å². The van der Waals surface area contributed by atoms with Crippen molar-refractivity contribution in [3.63, 3.8) is 0 Å². The summed E-state index contributed by atoms with van der Waals surface area (Å²) in [5.41, 5.74) is 3.84. The minimum atomic E-state index is 0.0160. The van der Waals surface area contributed by atoms with Crippen LogP contribution in [0.25, 0.3) is 0 Å². The number of benzene rings is 2. The van der Waals surface area contributed by atoms with Crippen molar-refractivity contribution in [1.82, 2.24) is 10.2 Å². The molecule has 0 bridgehead atoms. The van der Waals surface area contributed by atoms with Crippen molar-refractivity contribution in [3.05, 3.63) is 63.7 Å². The number of rotatable bonds is 5. The first-order chi connectivity index (χ1) is 15.4. The molecule has 2 aromatic rings. The van der Waals surface area contributed by atoms with Crippen LogP contribution in [0, 0.1) is 11.3 Å². The van der Waals surface area contributed by atoms with Crippen LogP contribution in [-0.2, 0) is 13.0 Å². The molecule has 32 heavy (non-hydrogen) atoms. The maximum absolute atomic E-state index is 12.8. The van der Waals surface area contributed by atoms with Crippen LogP contribution in [0.15, 0.2) is 36.4 Å². The lowest BCUT2D eigenvalue weighted by atomic mass is 9.92. The van der Waals surface area contributed by atoms with Crippen molar-refractivity contribution in [3.8, 4) is 11.8 Å². The Morgan fingerprint density at radius 2 is 1.94 bits per heavy atom. The predicted molar refractivity (Wildman–Crippen MR) is 126 cm³/mol. The Balaban J connectivity index is 1.28. The average Bonchev–Trinajstić information content (AvgIpc) is 2.79. The van der Waals surface area contributed by atoms with Crippen LogP contribution in [0.3, 0.4) is 0 Å². The molecule has 2 aromatic carbocycles. The van der Waals surface area contributed by atoms with Gasteiger partial charge in [-0.05, 0) is 81.3 Å². The highest BCUT2D eigenvalue weighted by Gasteiger charge is 2.25. The maximum atomic E-state index is 12.8. The van der Waals surface area contributed by atoms with Crippen LogP contribution in [0.5, 0.6) is 5.75 Å². The van der Waals surface area contributed by atoms with E-state index in [0.717, 1.165) is 50.8 Å². The van der Waals surface area contributed by atoms with E-state index in [4.69, 9.17) is 21.6 Å². The lowest BCUT2D eigenvalue weighted by Crippen LogP contribution is -2.40. The average molecular weight is 452 g/mol. The molecule has 4 rings (SSSR count). The Kier molecular flexibility index (Phi) is 7.03. The Bertz CT molecular complexity index is 1020. The number of nitrogens with one attached hydrogen (secondary N) is 1. The third kappa shape index (κ3) is 5.26. The normalized spacial score (nSPS) is 21.0. The Labute approximate surface area is 195 Å². The van der Waals surface area contributed by atoms with Gasteiger partial charge in [0, 0.05) is 36.8 Å². The first kappa shape index (κ1) is 22.6. The molecule has 0 radical (unpaired) electrons. The lowest BCUT2D eigenvalue weighted by Gasteiger charge is -2.32. The zero-order chi connectivity index (χ0) is 22.7. The molecule has 1 aliphatic heterocycles. The highest BCUT2D eigenvalue weighted by atomic mass is 35.5. The van der Waals surface area contributed by atoms with Crippen molar-refractivity contribution in [1.29, 1.82) is 5.26 Å². The van der Waals surface area contributed by atoms with Crippen molar-refractivity contribution in [2.45, 2.75) is 70.7 Å². The molecule has 5 nitrogen and oxygen atoms in total. The summed E-state index contributed by atoms with van der Waals surface area (Å²) in [6.45, 7) is 6.46. The predicted octanol–water partition coefficient (Wildman–Crippen LogP) is 5.10. The van der Waals surface area contributed by atoms with E-state index in [9.17, 15) is 4.79 Å². The van der Waals surface area contributed by atoms with Gasteiger partial charge in [-0.2, -0.15) is 5.26 Å². The summed E-state index contributed by atoms with van der Waals surface area (Å²) in [6, 6.07) is 14.1. The van der Waals surface area contributed by atoms with Crippen LogP contribution in [-0.4, -0.2) is 35.5 Å². The Morgan fingerprint density at radius 1 is 1.16 bits per heavy atom. The van der Waals surface area contributed by atoms with Gasteiger partial charge in [0.05, 0.1) is 16.7 Å². The number of halogens is 1. The summed E-state index contributed by atoms with van der Waals surface area (Å²) in [5.74, 6) is 0.703. The van der Waals surface area contributed by atoms with Gasteiger partial charge in [-0.15, -0.1) is 0 Å². The molecule has 1 saturated carbocycles. The summed E-state index contributed by atoms with van der Waals surface area (Å²) >= 11 is 6.10. The molecular formula is C26H30ClN3O2. The zero-order valence-corrected chi connectivity index (χ0v) is 19.5. The number of hydrogen-bond donors (Lipinski definition) is 1. The fraction of sp³-hybridized carbons (Fsp3) is 0.462. The van der Waals surface area contributed by atoms with Crippen molar-refractivity contribution >= 4 is 17.5 Å². The van der Waals surface area contributed by atoms with Gasteiger partial charge in [-0.3, -0.25) is 9.69 Å². The molecular weight excluding hydrogens is 422 g/mol. The smallest absolute Gasteiger partial charge is 0.251 e. The van der Waals surface area contributed by atoms with E-state index in [-0.39, 0.29) is 18.1 Å². The van der Waals surface area contributed by atoms with Crippen molar-refractivity contribution < 1.29 is 9.53 Å². The molecule has 0 atom stereocenters. The Hall–Kier alpha value is -2.55. The summed E-state index contributed by atoms with van der Waals surface area (Å²) in [4.78, 5) is 15.3. The quantitative estimate of drug-likeness (QED) is 0.686. The second-order valence-electron chi connectivity index (χ2n) is 9.12. The number of nitrogens with zero attached hydrogens (tertiary/aromatic N) is 2. The minimum Gasteiger partial charge on any atom is -0.490 e.